The number of carbonyl (C=O) groups excluding carboxylic acids is 1. The lowest BCUT2D eigenvalue weighted by Crippen LogP contribution is -2.47. The van der Waals surface area contributed by atoms with E-state index in [0.717, 1.165) is 16.7 Å². The third-order valence-corrected chi connectivity index (χ3v) is 8.23. The minimum absolute atomic E-state index is 0.00942. The van der Waals surface area contributed by atoms with Crippen LogP contribution in [0.15, 0.2) is 133 Å². The number of nitrogens with one attached hydrogen (secondary N) is 1. The number of carboxylic acid groups (broad SMARTS) is 1. The number of nitrogens with zero attached hydrogens (tertiary/aromatic N) is 5. The average molecular weight is 677 g/mol. The van der Waals surface area contributed by atoms with Crippen molar-refractivity contribution in [2.24, 2.45) is 0 Å². The molecule has 12 heteroatoms. The molecule has 246 valence electrons. The van der Waals surface area contributed by atoms with Crippen molar-refractivity contribution in [3.05, 3.63) is 172 Å². The zero-order valence-electron chi connectivity index (χ0n) is 25.9. The third kappa shape index (κ3) is 7.09. The van der Waals surface area contributed by atoms with Crippen molar-refractivity contribution in [3.63, 3.8) is 0 Å². The van der Waals surface area contributed by atoms with Gasteiger partial charge in [0.1, 0.15) is 5.82 Å². The summed E-state index contributed by atoms with van der Waals surface area (Å²) in [6.45, 7) is -0.466. The molecule has 1 amide bonds. The Labute approximate surface area is 286 Å². The summed E-state index contributed by atoms with van der Waals surface area (Å²) >= 11 is 6.06. The maximum absolute atomic E-state index is 14.4. The van der Waals surface area contributed by atoms with Crippen molar-refractivity contribution in [2.45, 2.75) is 18.2 Å². The Hall–Kier alpha value is -5.75. The van der Waals surface area contributed by atoms with Crippen LogP contribution in [0.1, 0.15) is 32.9 Å². The molecule has 0 spiro atoms. The predicted octanol–water partition coefficient (Wildman–Crippen LogP) is 5.57. The van der Waals surface area contributed by atoms with Gasteiger partial charge in [0.2, 0.25) is 0 Å². The second-order valence-corrected chi connectivity index (χ2v) is 11.6. The Morgan fingerprint density at radius 3 is 1.92 bits per heavy atom. The van der Waals surface area contributed by atoms with E-state index in [1.807, 2.05) is 91.0 Å². The van der Waals surface area contributed by atoms with E-state index < -0.39 is 35.9 Å². The van der Waals surface area contributed by atoms with Crippen molar-refractivity contribution in [1.82, 2.24) is 30.6 Å². The highest BCUT2D eigenvalue weighted by atomic mass is 35.5. The van der Waals surface area contributed by atoms with Gasteiger partial charge in [-0.25, -0.2) is 14.2 Å². The summed E-state index contributed by atoms with van der Waals surface area (Å²) in [6.07, 6.45) is -1.81. The molecule has 0 saturated carbocycles. The minimum atomic E-state index is -1.81. The summed E-state index contributed by atoms with van der Waals surface area (Å²) in [5, 5.41) is 34.3. The molecule has 1 heterocycles. The molecule has 1 aromatic heterocycles. The molecule has 0 fully saturated rings. The van der Waals surface area contributed by atoms with E-state index in [-0.39, 0.29) is 12.4 Å². The number of halogens is 2. The lowest BCUT2D eigenvalue weighted by atomic mass is 9.77. The fraction of sp³-hybridized carbons (Fsp3) is 0.108. The van der Waals surface area contributed by atoms with Gasteiger partial charge >= 0.3 is 11.9 Å². The number of amides is 1. The Morgan fingerprint density at radius 1 is 0.837 bits per heavy atom. The molecule has 0 radical (unpaired) electrons. The second-order valence-electron chi connectivity index (χ2n) is 11.2. The third-order valence-electron chi connectivity index (χ3n) is 8.00. The van der Waals surface area contributed by atoms with Crippen molar-refractivity contribution in [1.29, 1.82) is 0 Å². The summed E-state index contributed by atoms with van der Waals surface area (Å²) in [6, 6.07) is 39.9. The molecular weight excluding hydrogens is 647 g/mol. The van der Waals surface area contributed by atoms with Crippen LogP contribution in [0.4, 0.5) is 4.39 Å². The summed E-state index contributed by atoms with van der Waals surface area (Å²) < 4.78 is 14.4. The predicted molar refractivity (Wildman–Crippen MR) is 181 cm³/mol. The van der Waals surface area contributed by atoms with Gasteiger partial charge in [-0.1, -0.05) is 127 Å². The Bertz CT molecular complexity index is 1950. The number of hydrogen-bond donors (Lipinski definition) is 3. The number of carboxylic acids is 1. The van der Waals surface area contributed by atoms with Crippen molar-refractivity contribution in [2.75, 3.05) is 6.54 Å². The van der Waals surface area contributed by atoms with Crippen LogP contribution in [0.25, 0.3) is 11.1 Å². The van der Waals surface area contributed by atoms with Gasteiger partial charge in [-0.2, -0.15) is 0 Å². The van der Waals surface area contributed by atoms with Crippen LogP contribution < -0.4 is 5.43 Å². The SMILES string of the molecule is O=C(NN(Cc1ccc(-c2cc(Cl)ccc2F)cc1)CC(O)C(=O)O)c1nnn(C(c2ccccc2)(c2ccccc2)c2ccccc2)n1. The van der Waals surface area contributed by atoms with E-state index in [1.54, 1.807) is 24.3 Å². The van der Waals surface area contributed by atoms with Crippen molar-refractivity contribution < 1.29 is 24.2 Å². The molecule has 5 aromatic carbocycles. The molecule has 3 N–H and O–H groups in total. The quantitative estimate of drug-likeness (QED) is 0.113. The molecule has 0 aliphatic carbocycles. The largest absolute Gasteiger partial charge is 0.479 e. The molecule has 0 aliphatic rings. The summed E-state index contributed by atoms with van der Waals surface area (Å²) in [7, 11) is 0. The normalized spacial score (nSPS) is 12.1. The highest BCUT2D eigenvalue weighted by Crippen LogP contribution is 2.39. The van der Waals surface area contributed by atoms with Crippen LogP contribution in [-0.4, -0.2) is 60.0 Å². The van der Waals surface area contributed by atoms with Crippen LogP contribution >= 0.6 is 11.6 Å². The van der Waals surface area contributed by atoms with E-state index in [1.165, 1.54) is 28.0 Å². The highest BCUT2D eigenvalue weighted by Gasteiger charge is 2.41. The molecule has 6 rings (SSSR count). The Morgan fingerprint density at radius 2 is 1.39 bits per heavy atom. The average Bonchev–Trinajstić information content (AvgIpc) is 3.62. The van der Waals surface area contributed by atoms with Gasteiger partial charge in [-0.3, -0.25) is 10.2 Å². The first-order chi connectivity index (χ1) is 23.8. The van der Waals surface area contributed by atoms with Crippen LogP contribution in [0.3, 0.4) is 0 Å². The molecule has 0 aliphatic heterocycles. The van der Waals surface area contributed by atoms with Gasteiger partial charge in [0.15, 0.2) is 11.6 Å². The fourth-order valence-electron chi connectivity index (χ4n) is 5.69. The van der Waals surface area contributed by atoms with Crippen LogP contribution in [-0.2, 0) is 16.9 Å². The zero-order valence-corrected chi connectivity index (χ0v) is 26.7. The van der Waals surface area contributed by atoms with Crippen LogP contribution in [0, 0.1) is 5.82 Å². The number of hydrazine groups is 1. The number of aliphatic hydroxyl groups is 1. The number of aromatic nitrogens is 4. The first kappa shape index (κ1) is 33.2. The minimum Gasteiger partial charge on any atom is -0.479 e. The van der Waals surface area contributed by atoms with Crippen molar-refractivity contribution >= 4 is 23.5 Å². The lowest BCUT2D eigenvalue weighted by Gasteiger charge is -2.34. The molecule has 0 bridgehead atoms. The second kappa shape index (κ2) is 14.6. The van der Waals surface area contributed by atoms with E-state index in [9.17, 15) is 24.2 Å². The monoisotopic (exact) mass is 676 g/mol. The van der Waals surface area contributed by atoms with Gasteiger partial charge in [0.05, 0.1) is 6.54 Å². The molecule has 6 aromatic rings. The number of aliphatic hydroxyl groups excluding tert-OH is 1. The molecule has 10 nitrogen and oxygen atoms in total. The zero-order chi connectivity index (χ0) is 34.4. The fourth-order valence-corrected chi connectivity index (χ4v) is 5.86. The number of carbonyl (C=O) groups is 2. The maximum atomic E-state index is 14.4. The first-order valence-electron chi connectivity index (χ1n) is 15.2. The molecule has 1 unspecified atom stereocenters. The topological polar surface area (TPSA) is 133 Å². The van der Waals surface area contributed by atoms with Gasteiger partial charge < -0.3 is 10.2 Å². The van der Waals surface area contributed by atoms with E-state index in [0.29, 0.717) is 21.7 Å². The van der Waals surface area contributed by atoms with Gasteiger partial charge in [-0.05, 0) is 51.2 Å². The van der Waals surface area contributed by atoms with Gasteiger partial charge in [-0.15, -0.1) is 15.0 Å². The van der Waals surface area contributed by atoms with E-state index in [2.05, 4.69) is 20.8 Å². The maximum Gasteiger partial charge on any atom is 0.333 e. The molecule has 0 saturated heterocycles. The molecule has 49 heavy (non-hydrogen) atoms. The number of hydrogen-bond acceptors (Lipinski definition) is 7. The lowest BCUT2D eigenvalue weighted by molar-refractivity contribution is -0.148. The Balaban J connectivity index is 1.32. The van der Waals surface area contributed by atoms with Gasteiger partial charge in [0.25, 0.3) is 5.82 Å². The summed E-state index contributed by atoms with van der Waals surface area (Å²) in [4.78, 5) is 26.6. The van der Waals surface area contributed by atoms with Crippen LogP contribution in [0.2, 0.25) is 5.02 Å². The smallest absolute Gasteiger partial charge is 0.333 e. The number of rotatable bonds is 12. The summed E-state index contributed by atoms with van der Waals surface area (Å²) in [5.74, 6) is -2.96. The summed E-state index contributed by atoms with van der Waals surface area (Å²) in [5.41, 5.74) is 5.51. The number of tetrazole rings is 1. The van der Waals surface area contributed by atoms with Crippen LogP contribution in [0.5, 0.6) is 0 Å². The van der Waals surface area contributed by atoms with Gasteiger partial charge in [0, 0.05) is 17.1 Å². The van der Waals surface area contributed by atoms with Crippen molar-refractivity contribution in [3.8, 4) is 11.1 Å². The Kier molecular flexibility index (Phi) is 9.86. The van der Waals surface area contributed by atoms with E-state index >= 15 is 0 Å². The first-order valence-corrected chi connectivity index (χ1v) is 15.6. The highest BCUT2D eigenvalue weighted by molar-refractivity contribution is 6.30. The number of aliphatic carboxylic acids is 1. The standard InChI is InChI=1S/C37H30ClFN6O4/c38-30-20-21-32(39)31(22-30)26-18-16-25(17-19-26)23-44(24-33(46)36(48)49)42-35(47)34-40-43-45(41-34)37(27-10-4-1-5-11-27,28-12-6-2-7-13-28)29-14-8-3-9-15-29/h1-22,33,46H,23-24H2,(H,42,47)(H,48,49). The molecular formula is C37H30ClFN6O4. The molecule has 1 atom stereocenters. The van der Waals surface area contributed by atoms with E-state index in [4.69, 9.17) is 11.6 Å². The number of benzene rings is 5.